The minimum atomic E-state index is -4.83. The van der Waals surface area contributed by atoms with Crippen molar-refractivity contribution in [3.63, 3.8) is 0 Å². The van der Waals surface area contributed by atoms with E-state index in [1.54, 1.807) is 31.8 Å². The van der Waals surface area contributed by atoms with E-state index in [-0.39, 0.29) is 11.1 Å². The second kappa shape index (κ2) is 7.97. The molecule has 2 aromatic rings. The average molecular weight is 468 g/mol. The summed E-state index contributed by atoms with van der Waals surface area (Å²) >= 11 is 0. The van der Waals surface area contributed by atoms with Crippen LogP contribution in [0.15, 0.2) is 48.5 Å². The van der Waals surface area contributed by atoms with Crippen LogP contribution in [0.3, 0.4) is 0 Å². The molecular formula is C23H29BF4O3Si. The highest BCUT2D eigenvalue weighted by Crippen LogP contribution is 2.49. The molecule has 0 aromatic heterocycles. The molecule has 0 amide bonds. The van der Waals surface area contributed by atoms with Crippen LogP contribution >= 0.6 is 0 Å². The summed E-state index contributed by atoms with van der Waals surface area (Å²) in [4.78, 5) is 0. The quantitative estimate of drug-likeness (QED) is 0.411. The lowest BCUT2D eigenvalue weighted by Crippen LogP contribution is -2.51. The number of hydrogen-bond acceptors (Lipinski definition) is 3. The molecule has 3 rings (SSSR count). The Morgan fingerprint density at radius 1 is 0.844 bits per heavy atom. The molecular weight excluding hydrogens is 439 g/mol. The van der Waals surface area contributed by atoms with Crippen molar-refractivity contribution in [1.82, 2.24) is 0 Å². The first-order chi connectivity index (χ1) is 14.5. The van der Waals surface area contributed by atoms with Gasteiger partial charge in [-0.25, -0.2) is 4.39 Å². The lowest BCUT2D eigenvalue weighted by Gasteiger charge is -2.41. The molecule has 0 bridgehead atoms. The van der Waals surface area contributed by atoms with E-state index in [0.717, 1.165) is 12.1 Å². The van der Waals surface area contributed by atoms with E-state index in [4.69, 9.17) is 13.7 Å². The van der Waals surface area contributed by atoms with Gasteiger partial charge in [-0.1, -0.05) is 36.4 Å². The Hall–Kier alpha value is -1.68. The molecule has 0 saturated carbocycles. The Kier molecular flexibility index (Phi) is 6.22. The van der Waals surface area contributed by atoms with Crippen molar-refractivity contribution < 1.29 is 31.3 Å². The molecule has 0 N–H and O–H groups in total. The van der Waals surface area contributed by atoms with Gasteiger partial charge in [0, 0.05) is 0 Å². The molecule has 1 unspecified atom stereocenters. The van der Waals surface area contributed by atoms with Crippen LogP contribution in [-0.4, -0.2) is 32.8 Å². The van der Waals surface area contributed by atoms with E-state index in [1.165, 1.54) is 24.3 Å². The van der Waals surface area contributed by atoms with Gasteiger partial charge < -0.3 is 13.7 Å². The third-order valence-electron chi connectivity index (χ3n) is 5.93. The summed E-state index contributed by atoms with van der Waals surface area (Å²) in [6.07, 6.45) is -4.83. The maximum absolute atomic E-state index is 14.7. The third-order valence-corrected chi connectivity index (χ3v) is 6.85. The van der Waals surface area contributed by atoms with Crippen LogP contribution in [0.4, 0.5) is 17.6 Å². The van der Waals surface area contributed by atoms with Gasteiger partial charge in [0.25, 0.3) is 0 Å². The SMILES string of the molecule is CC1(C)OB(c2ccc(C(O[Si](C)(C)C)(c3cccc(F)c3)C(F)(F)F)cc2)OC1(C)C. The van der Waals surface area contributed by atoms with Crippen LogP contribution in [-0.2, 0) is 19.3 Å². The molecule has 1 atom stereocenters. The molecule has 32 heavy (non-hydrogen) atoms. The topological polar surface area (TPSA) is 27.7 Å². The first-order valence-electron chi connectivity index (χ1n) is 10.5. The summed E-state index contributed by atoms with van der Waals surface area (Å²) < 4.78 is 76.1. The van der Waals surface area contributed by atoms with Crippen molar-refractivity contribution >= 4 is 20.9 Å². The van der Waals surface area contributed by atoms with Gasteiger partial charge in [-0.2, -0.15) is 13.2 Å². The fraction of sp³-hybridized carbons (Fsp3) is 0.478. The lowest BCUT2D eigenvalue weighted by atomic mass is 9.77. The third kappa shape index (κ3) is 4.53. The second-order valence-electron chi connectivity index (χ2n) is 10.1. The highest BCUT2D eigenvalue weighted by molar-refractivity contribution is 6.69. The summed E-state index contributed by atoms with van der Waals surface area (Å²) in [5.41, 5.74) is -3.78. The Bertz CT molecular complexity index is 954. The van der Waals surface area contributed by atoms with Gasteiger partial charge in [0.1, 0.15) is 5.82 Å². The standard InChI is InChI=1S/C23H29BF4O3Si/c1-20(2)21(3,4)30-24(29-20)18-13-11-16(12-14-18)22(23(26,27)28,31-32(5,6)7)17-9-8-10-19(25)15-17/h8-15H,1-7H3. The predicted molar refractivity (Wildman–Crippen MR) is 120 cm³/mol. The molecule has 174 valence electrons. The molecule has 0 spiro atoms. The van der Waals surface area contributed by atoms with E-state index in [1.807, 2.05) is 27.7 Å². The maximum Gasteiger partial charge on any atom is 0.494 e. The average Bonchev–Trinajstić information content (AvgIpc) is 2.85. The first-order valence-corrected chi connectivity index (χ1v) is 13.9. The zero-order valence-corrected chi connectivity index (χ0v) is 20.4. The van der Waals surface area contributed by atoms with Gasteiger partial charge in [0.05, 0.1) is 11.2 Å². The van der Waals surface area contributed by atoms with Gasteiger partial charge in [-0.3, -0.25) is 0 Å². The smallest absolute Gasteiger partial charge is 0.399 e. The fourth-order valence-corrected chi connectivity index (χ4v) is 4.96. The van der Waals surface area contributed by atoms with E-state index in [0.29, 0.717) is 5.46 Å². The maximum atomic E-state index is 14.7. The summed E-state index contributed by atoms with van der Waals surface area (Å²) in [6.45, 7) is 12.6. The van der Waals surface area contributed by atoms with Crippen LogP contribution < -0.4 is 5.46 Å². The molecule has 9 heteroatoms. The van der Waals surface area contributed by atoms with Crippen molar-refractivity contribution in [3.8, 4) is 0 Å². The highest BCUT2D eigenvalue weighted by Gasteiger charge is 2.60. The Balaban J connectivity index is 2.12. The minimum Gasteiger partial charge on any atom is -0.399 e. The van der Waals surface area contributed by atoms with Gasteiger partial charge in [0.15, 0.2) is 8.32 Å². The summed E-state index contributed by atoms with van der Waals surface area (Å²) in [6, 6.07) is 10.3. The van der Waals surface area contributed by atoms with E-state index in [2.05, 4.69) is 0 Å². The molecule has 1 heterocycles. The van der Waals surface area contributed by atoms with Crippen molar-refractivity contribution in [2.24, 2.45) is 0 Å². The molecule has 3 nitrogen and oxygen atoms in total. The normalized spacial score (nSPS) is 20.3. The van der Waals surface area contributed by atoms with Gasteiger partial charge >= 0.3 is 13.3 Å². The van der Waals surface area contributed by atoms with E-state index in [9.17, 15) is 17.6 Å². The van der Waals surface area contributed by atoms with Crippen LogP contribution in [0, 0.1) is 5.82 Å². The van der Waals surface area contributed by atoms with E-state index < -0.39 is 44.2 Å². The van der Waals surface area contributed by atoms with Crippen LogP contribution in [0.1, 0.15) is 38.8 Å². The Morgan fingerprint density at radius 2 is 1.38 bits per heavy atom. The largest absolute Gasteiger partial charge is 0.494 e. The summed E-state index contributed by atoms with van der Waals surface area (Å²) in [5, 5.41) is 0. The Labute approximate surface area is 188 Å². The molecule has 0 radical (unpaired) electrons. The van der Waals surface area contributed by atoms with Crippen molar-refractivity contribution in [2.75, 3.05) is 0 Å². The predicted octanol–water partition coefficient (Wildman–Crippen LogP) is 5.78. The Morgan fingerprint density at radius 3 is 1.81 bits per heavy atom. The molecule has 0 aliphatic carbocycles. The molecule has 1 saturated heterocycles. The molecule has 1 aliphatic rings. The second-order valence-corrected chi connectivity index (χ2v) is 14.5. The lowest BCUT2D eigenvalue weighted by molar-refractivity contribution is -0.240. The van der Waals surface area contributed by atoms with Crippen LogP contribution in [0.25, 0.3) is 0 Å². The van der Waals surface area contributed by atoms with Crippen molar-refractivity contribution in [3.05, 3.63) is 65.5 Å². The number of alkyl halides is 3. The molecule has 1 fully saturated rings. The fourth-order valence-electron chi connectivity index (χ4n) is 3.69. The van der Waals surface area contributed by atoms with Gasteiger partial charge in [-0.15, -0.1) is 0 Å². The highest BCUT2D eigenvalue weighted by atomic mass is 28.4. The number of hydrogen-bond donors (Lipinski definition) is 0. The number of rotatable bonds is 5. The number of halogens is 4. The van der Waals surface area contributed by atoms with Crippen molar-refractivity contribution in [2.45, 2.75) is 70.3 Å². The van der Waals surface area contributed by atoms with Crippen LogP contribution in [0.2, 0.25) is 19.6 Å². The summed E-state index contributed by atoms with van der Waals surface area (Å²) in [7, 11) is -3.46. The van der Waals surface area contributed by atoms with E-state index >= 15 is 0 Å². The minimum absolute atomic E-state index is 0.127. The van der Waals surface area contributed by atoms with Gasteiger partial charge in [-0.05, 0) is 76.1 Å². The zero-order chi connectivity index (χ0) is 24.2. The zero-order valence-electron chi connectivity index (χ0n) is 19.4. The van der Waals surface area contributed by atoms with Crippen molar-refractivity contribution in [1.29, 1.82) is 0 Å². The molecule has 1 aliphatic heterocycles. The molecule has 2 aromatic carbocycles. The first kappa shape index (κ1) is 25.0. The number of benzene rings is 2. The van der Waals surface area contributed by atoms with Crippen LogP contribution in [0.5, 0.6) is 0 Å². The van der Waals surface area contributed by atoms with Gasteiger partial charge in [0.2, 0.25) is 5.60 Å². The monoisotopic (exact) mass is 468 g/mol. The summed E-state index contributed by atoms with van der Waals surface area (Å²) in [5.74, 6) is -0.760.